The van der Waals surface area contributed by atoms with Crippen molar-refractivity contribution in [3.05, 3.63) is 40.1 Å². The molecule has 0 aliphatic heterocycles. The van der Waals surface area contributed by atoms with E-state index in [0.29, 0.717) is 13.0 Å². The van der Waals surface area contributed by atoms with Gasteiger partial charge >= 0.3 is 5.69 Å². The highest BCUT2D eigenvalue weighted by molar-refractivity contribution is 5.56. The molecule has 8 nitrogen and oxygen atoms in total. The number of aromatic nitrogens is 4. The number of hydrogen-bond donors (Lipinski definition) is 1. The summed E-state index contributed by atoms with van der Waals surface area (Å²) >= 11 is 0. The van der Waals surface area contributed by atoms with E-state index in [1.165, 1.54) is 6.07 Å². The lowest BCUT2D eigenvalue weighted by Gasteiger charge is -2.07. The number of nitrogens with one attached hydrogen (secondary N) is 1. The van der Waals surface area contributed by atoms with Crippen LogP contribution in [0.5, 0.6) is 0 Å². The Morgan fingerprint density at radius 2 is 2.30 bits per heavy atom. The SMILES string of the molecule is CCn1cnnc1CCNc1ncc(C)cc1[N+](=O)[O-]. The third-order valence-corrected chi connectivity index (χ3v) is 2.88. The summed E-state index contributed by atoms with van der Waals surface area (Å²) in [5, 5.41) is 21.8. The van der Waals surface area contributed by atoms with Crippen molar-refractivity contribution in [1.82, 2.24) is 19.7 Å². The van der Waals surface area contributed by atoms with Gasteiger partial charge in [0.1, 0.15) is 12.2 Å². The first-order valence-electron chi connectivity index (χ1n) is 6.33. The lowest BCUT2D eigenvalue weighted by atomic mass is 10.3. The van der Waals surface area contributed by atoms with Gasteiger partial charge in [-0.25, -0.2) is 4.98 Å². The number of rotatable bonds is 6. The van der Waals surface area contributed by atoms with Crippen LogP contribution in [-0.2, 0) is 13.0 Å². The van der Waals surface area contributed by atoms with Crippen LogP contribution in [0.3, 0.4) is 0 Å². The van der Waals surface area contributed by atoms with E-state index < -0.39 is 4.92 Å². The Kier molecular flexibility index (Phi) is 4.24. The van der Waals surface area contributed by atoms with Crippen LogP contribution in [0.4, 0.5) is 11.5 Å². The summed E-state index contributed by atoms with van der Waals surface area (Å²) in [6, 6.07) is 1.50. The van der Waals surface area contributed by atoms with E-state index in [0.717, 1.165) is 17.9 Å². The molecular weight excluding hydrogens is 260 g/mol. The van der Waals surface area contributed by atoms with Crippen LogP contribution in [0, 0.1) is 17.0 Å². The van der Waals surface area contributed by atoms with Gasteiger partial charge in [0.2, 0.25) is 5.82 Å². The van der Waals surface area contributed by atoms with Crippen molar-refractivity contribution in [2.24, 2.45) is 0 Å². The minimum atomic E-state index is -0.434. The van der Waals surface area contributed by atoms with Crippen molar-refractivity contribution in [3.8, 4) is 0 Å². The second-order valence-corrected chi connectivity index (χ2v) is 4.35. The minimum Gasteiger partial charge on any atom is -0.364 e. The molecule has 2 heterocycles. The van der Waals surface area contributed by atoms with Gasteiger partial charge in [-0.1, -0.05) is 0 Å². The zero-order chi connectivity index (χ0) is 14.5. The zero-order valence-corrected chi connectivity index (χ0v) is 11.4. The predicted octanol–water partition coefficient (Wildman–Crippen LogP) is 1.56. The molecule has 8 heteroatoms. The van der Waals surface area contributed by atoms with Crippen LogP contribution in [0.1, 0.15) is 18.3 Å². The molecule has 0 atom stereocenters. The van der Waals surface area contributed by atoms with E-state index in [1.807, 2.05) is 11.5 Å². The Labute approximate surface area is 116 Å². The summed E-state index contributed by atoms with van der Waals surface area (Å²) < 4.78 is 1.93. The Morgan fingerprint density at radius 3 is 3.00 bits per heavy atom. The summed E-state index contributed by atoms with van der Waals surface area (Å²) in [5.74, 6) is 1.12. The normalized spacial score (nSPS) is 10.5. The fourth-order valence-corrected chi connectivity index (χ4v) is 1.86. The molecule has 0 aliphatic carbocycles. The van der Waals surface area contributed by atoms with Crippen molar-refractivity contribution >= 4 is 11.5 Å². The second kappa shape index (κ2) is 6.09. The Hall–Kier alpha value is -2.51. The lowest BCUT2D eigenvalue weighted by Crippen LogP contribution is -2.11. The number of nitrogens with zero attached hydrogens (tertiary/aromatic N) is 5. The zero-order valence-electron chi connectivity index (χ0n) is 11.4. The maximum Gasteiger partial charge on any atom is 0.311 e. The summed E-state index contributed by atoms with van der Waals surface area (Å²) in [7, 11) is 0. The second-order valence-electron chi connectivity index (χ2n) is 4.35. The first-order valence-corrected chi connectivity index (χ1v) is 6.33. The van der Waals surface area contributed by atoms with Crippen molar-refractivity contribution in [2.75, 3.05) is 11.9 Å². The van der Waals surface area contributed by atoms with Crippen LogP contribution in [0.2, 0.25) is 0 Å². The molecule has 0 radical (unpaired) electrons. The molecule has 0 aliphatic rings. The molecule has 0 saturated heterocycles. The first-order chi connectivity index (χ1) is 9.61. The fraction of sp³-hybridized carbons (Fsp3) is 0.417. The molecule has 2 aromatic heterocycles. The van der Waals surface area contributed by atoms with E-state index in [-0.39, 0.29) is 11.5 Å². The largest absolute Gasteiger partial charge is 0.364 e. The third-order valence-electron chi connectivity index (χ3n) is 2.88. The molecule has 106 valence electrons. The summed E-state index contributed by atoms with van der Waals surface area (Å²) in [6.45, 7) is 5.08. The molecule has 0 aromatic carbocycles. The van der Waals surface area contributed by atoms with Crippen molar-refractivity contribution in [3.63, 3.8) is 0 Å². The van der Waals surface area contributed by atoms with E-state index in [2.05, 4.69) is 20.5 Å². The Bertz CT molecular complexity index is 610. The molecule has 1 N–H and O–H groups in total. The molecule has 0 bridgehead atoms. The van der Waals surface area contributed by atoms with Gasteiger partial charge < -0.3 is 9.88 Å². The summed E-state index contributed by atoms with van der Waals surface area (Å²) in [6.07, 6.45) is 3.90. The van der Waals surface area contributed by atoms with Crippen LogP contribution in [-0.4, -0.2) is 31.2 Å². The highest BCUT2D eigenvalue weighted by atomic mass is 16.6. The maximum atomic E-state index is 11.0. The van der Waals surface area contributed by atoms with E-state index >= 15 is 0 Å². The van der Waals surface area contributed by atoms with Gasteiger partial charge in [-0.2, -0.15) is 0 Å². The Balaban J connectivity index is 2.03. The van der Waals surface area contributed by atoms with Gasteiger partial charge in [-0.15, -0.1) is 10.2 Å². The van der Waals surface area contributed by atoms with Crippen LogP contribution in [0.15, 0.2) is 18.6 Å². The van der Waals surface area contributed by atoms with Gasteiger partial charge in [0, 0.05) is 31.8 Å². The van der Waals surface area contributed by atoms with Crippen LogP contribution >= 0.6 is 0 Å². The standard InChI is InChI=1S/C12H16N6O2/c1-3-17-8-15-16-11(17)4-5-13-12-10(18(19)20)6-9(2)7-14-12/h6-8H,3-5H2,1-2H3,(H,13,14). The van der Waals surface area contributed by atoms with E-state index in [1.54, 1.807) is 19.4 Å². The first kappa shape index (κ1) is 13.9. The monoisotopic (exact) mass is 276 g/mol. The van der Waals surface area contributed by atoms with Crippen LogP contribution < -0.4 is 5.32 Å². The molecular formula is C12H16N6O2. The van der Waals surface area contributed by atoms with E-state index in [9.17, 15) is 10.1 Å². The maximum absolute atomic E-state index is 11.0. The topological polar surface area (TPSA) is 98.8 Å². The molecule has 0 saturated carbocycles. The number of aryl methyl sites for hydroxylation is 2. The lowest BCUT2D eigenvalue weighted by molar-refractivity contribution is -0.384. The average Bonchev–Trinajstić information content (AvgIpc) is 2.87. The van der Waals surface area contributed by atoms with Crippen molar-refractivity contribution < 1.29 is 4.92 Å². The molecule has 0 unspecified atom stereocenters. The quantitative estimate of drug-likeness (QED) is 0.635. The van der Waals surface area contributed by atoms with Crippen molar-refractivity contribution in [1.29, 1.82) is 0 Å². The molecule has 2 rings (SSSR count). The van der Waals surface area contributed by atoms with Crippen molar-refractivity contribution in [2.45, 2.75) is 26.8 Å². The smallest absolute Gasteiger partial charge is 0.311 e. The van der Waals surface area contributed by atoms with E-state index in [4.69, 9.17) is 0 Å². The molecule has 0 spiro atoms. The molecule has 0 amide bonds. The summed E-state index contributed by atoms with van der Waals surface area (Å²) in [5.41, 5.74) is 0.745. The predicted molar refractivity (Wildman–Crippen MR) is 73.5 cm³/mol. The highest BCUT2D eigenvalue weighted by Crippen LogP contribution is 2.22. The fourth-order valence-electron chi connectivity index (χ4n) is 1.86. The van der Waals surface area contributed by atoms with Gasteiger partial charge in [-0.05, 0) is 19.4 Å². The number of anilines is 1. The summed E-state index contributed by atoms with van der Waals surface area (Å²) in [4.78, 5) is 14.6. The third kappa shape index (κ3) is 3.08. The molecule has 2 aromatic rings. The Morgan fingerprint density at radius 1 is 1.50 bits per heavy atom. The molecule has 0 fully saturated rings. The van der Waals surface area contributed by atoms with Gasteiger partial charge in [-0.3, -0.25) is 10.1 Å². The van der Waals surface area contributed by atoms with Gasteiger partial charge in [0.25, 0.3) is 0 Å². The van der Waals surface area contributed by atoms with Gasteiger partial charge in [0.05, 0.1) is 4.92 Å². The average molecular weight is 276 g/mol. The highest BCUT2D eigenvalue weighted by Gasteiger charge is 2.15. The number of nitro groups is 1. The minimum absolute atomic E-state index is 0.0121. The number of pyridine rings is 1. The van der Waals surface area contributed by atoms with Crippen LogP contribution in [0.25, 0.3) is 0 Å². The molecule has 20 heavy (non-hydrogen) atoms. The number of hydrogen-bond acceptors (Lipinski definition) is 6. The van der Waals surface area contributed by atoms with Gasteiger partial charge in [0.15, 0.2) is 0 Å².